The van der Waals surface area contributed by atoms with Crippen molar-refractivity contribution in [3.8, 4) is 5.75 Å². The van der Waals surface area contributed by atoms with E-state index in [4.69, 9.17) is 4.74 Å². The van der Waals surface area contributed by atoms with Gasteiger partial charge in [-0.3, -0.25) is 13.9 Å². The summed E-state index contributed by atoms with van der Waals surface area (Å²) in [6.07, 6.45) is 4.36. The molecule has 3 aromatic rings. The van der Waals surface area contributed by atoms with Gasteiger partial charge in [-0.05, 0) is 74.1 Å². The van der Waals surface area contributed by atoms with E-state index in [1.165, 1.54) is 24.1 Å². The maximum absolute atomic E-state index is 14.3. The fraction of sp³-hybridized carbons (Fsp3) is 0.394. The number of amides is 2. The van der Waals surface area contributed by atoms with E-state index < -0.39 is 28.5 Å². The van der Waals surface area contributed by atoms with Crippen LogP contribution < -0.4 is 14.4 Å². The third-order valence-electron chi connectivity index (χ3n) is 7.90. The Morgan fingerprint density at radius 3 is 2.29 bits per heavy atom. The van der Waals surface area contributed by atoms with E-state index in [9.17, 15) is 18.0 Å². The van der Waals surface area contributed by atoms with Crippen molar-refractivity contribution in [3.05, 3.63) is 89.5 Å². The van der Waals surface area contributed by atoms with Crippen molar-refractivity contribution >= 4 is 27.5 Å². The van der Waals surface area contributed by atoms with E-state index in [2.05, 4.69) is 5.32 Å². The summed E-state index contributed by atoms with van der Waals surface area (Å²) < 4.78 is 34.9. The summed E-state index contributed by atoms with van der Waals surface area (Å²) in [5.41, 5.74) is 2.94. The Labute approximate surface area is 249 Å². The number of methoxy groups -OCH3 is 1. The highest BCUT2D eigenvalue weighted by atomic mass is 32.2. The highest BCUT2D eigenvalue weighted by Crippen LogP contribution is 2.34. The summed E-state index contributed by atoms with van der Waals surface area (Å²) >= 11 is 0. The van der Waals surface area contributed by atoms with Gasteiger partial charge in [0, 0.05) is 12.6 Å². The van der Waals surface area contributed by atoms with Gasteiger partial charge >= 0.3 is 0 Å². The van der Waals surface area contributed by atoms with Crippen LogP contribution in [0.15, 0.2) is 77.7 Å². The number of aryl methyl sites for hydroxylation is 2. The summed E-state index contributed by atoms with van der Waals surface area (Å²) in [7, 11) is -2.71. The van der Waals surface area contributed by atoms with Crippen LogP contribution >= 0.6 is 0 Å². The van der Waals surface area contributed by atoms with Crippen molar-refractivity contribution < 1.29 is 22.7 Å². The number of carbonyl (C=O) groups excluding carboxylic acids is 2. The Bertz CT molecular complexity index is 1490. The Morgan fingerprint density at radius 2 is 1.64 bits per heavy atom. The summed E-state index contributed by atoms with van der Waals surface area (Å²) in [5, 5.41) is 3.15. The van der Waals surface area contributed by atoms with E-state index in [-0.39, 0.29) is 29.1 Å². The first-order valence-corrected chi connectivity index (χ1v) is 16.0. The molecule has 0 spiro atoms. The first-order chi connectivity index (χ1) is 20.1. The number of ether oxygens (including phenoxy) is 1. The van der Waals surface area contributed by atoms with Crippen LogP contribution in [-0.4, -0.2) is 50.9 Å². The van der Waals surface area contributed by atoms with Crippen LogP contribution in [0.3, 0.4) is 0 Å². The molecule has 3 aromatic carbocycles. The molecule has 0 saturated heterocycles. The Balaban J connectivity index is 1.77. The van der Waals surface area contributed by atoms with Gasteiger partial charge in [0.1, 0.15) is 18.3 Å². The number of hydrogen-bond donors (Lipinski definition) is 1. The molecule has 224 valence electrons. The number of carbonyl (C=O) groups is 2. The largest absolute Gasteiger partial charge is 0.495 e. The standard InChI is InChI=1S/C33H41N3O5S/c1-5-29(33(38)34-27-15-11-12-16-27)35(22-26-14-10-9-13-25(26)3)32(37)23-36(30-21-24(2)19-20-31(30)41-4)42(39,40)28-17-7-6-8-18-28/h6-10,13-14,17-21,27,29H,5,11-12,15-16,22-23H2,1-4H3,(H,34,38)/t29-/m0/s1. The van der Waals surface area contributed by atoms with Crippen molar-refractivity contribution in [1.82, 2.24) is 10.2 Å². The van der Waals surface area contributed by atoms with Crippen LogP contribution in [0.5, 0.6) is 5.75 Å². The first kappa shape index (κ1) is 31.1. The number of sulfonamides is 1. The second-order valence-electron chi connectivity index (χ2n) is 10.9. The van der Waals surface area contributed by atoms with Crippen molar-refractivity contribution in [2.45, 2.75) is 76.4 Å². The second kappa shape index (κ2) is 13.9. The lowest BCUT2D eigenvalue weighted by Crippen LogP contribution is -2.53. The lowest BCUT2D eigenvalue weighted by atomic mass is 10.1. The Morgan fingerprint density at radius 1 is 0.976 bits per heavy atom. The highest BCUT2D eigenvalue weighted by Gasteiger charge is 2.35. The van der Waals surface area contributed by atoms with Crippen molar-refractivity contribution in [2.75, 3.05) is 18.0 Å². The van der Waals surface area contributed by atoms with E-state index in [0.717, 1.165) is 46.7 Å². The predicted octanol–water partition coefficient (Wildman–Crippen LogP) is 5.37. The van der Waals surface area contributed by atoms with Crippen LogP contribution in [0.2, 0.25) is 0 Å². The Kier molecular flexibility index (Phi) is 10.3. The Hall–Kier alpha value is -3.85. The molecule has 2 amide bonds. The molecule has 1 atom stereocenters. The number of anilines is 1. The van der Waals surface area contributed by atoms with Gasteiger partial charge in [0.05, 0.1) is 17.7 Å². The van der Waals surface area contributed by atoms with Gasteiger partial charge in [0.25, 0.3) is 10.0 Å². The normalized spacial score (nSPS) is 14.3. The van der Waals surface area contributed by atoms with Gasteiger partial charge in [-0.2, -0.15) is 0 Å². The smallest absolute Gasteiger partial charge is 0.264 e. The zero-order valence-corrected chi connectivity index (χ0v) is 25.7. The molecule has 0 aliphatic heterocycles. The molecular formula is C33H41N3O5S. The molecule has 0 radical (unpaired) electrons. The number of nitrogens with zero attached hydrogens (tertiary/aromatic N) is 2. The summed E-state index contributed by atoms with van der Waals surface area (Å²) in [4.78, 5) is 29.5. The van der Waals surface area contributed by atoms with Gasteiger partial charge in [0.15, 0.2) is 0 Å². The minimum absolute atomic E-state index is 0.0535. The molecule has 42 heavy (non-hydrogen) atoms. The molecule has 1 aliphatic carbocycles. The van der Waals surface area contributed by atoms with E-state index in [0.29, 0.717) is 12.2 Å². The molecular weight excluding hydrogens is 550 g/mol. The number of benzene rings is 3. The molecule has 0 heterocycles. The van der Waals surface area contributed by atoms with Gasteiger partial charge < -0.3 is 15.0 Å². The molecule has 0 bridgehead atoms. The summed E-state index contributed by atoms with van der Waals surface area (Å²) in [6.45, 7) is 5.35. The third kappa shape index (κ3) is 7.13. The number of rotatable bonds is 12. The molecule has 1 aliphatic rings. The van der Waals surface area contributed by atoms with Gasteiger partial charge in [-0.15, -0.1) is 0 Å². The highest BCUT2D eigenvalue weighted by molar-refractivity contribution is 7.92. The van der Waals surface area contributed by atoms with E-state index in [1.54, 1.807) is 30.3 Å². The molecule has 0 unspecified atom stereocenters. The van der Waals surface area contributed by atoms with Crippen LogP contribution in [0.1, 0.15) is 55.7 Å². The SMILES string of the molecule is CC[C@@H](C(=O)NC1CCCC1)N(Cc1ccccc1C)C(=O)CN(c1cc(C)ccc1OC)S(=O)(=O)c1ccccc1. The molecule has 1 saturated carbocycles. The average Bonchev–Trinajstić information content (AvgIpc) is 3.50. The minimum Gasteiger partial charge on any atom is -0.495 e. The van der Waals surface area contributed by atoms with E-state index in [1.807, 2.05) is 51.1 Å². The number of nitrogens with one attached hydrogen (secondary N) is 1. The lowest BCUT2D eigenvalue weighted by Gasteiger charge is -2.34. The van der Waals surface area contributed by atoms with Crippen molar-refractivity contribution in [2.24, 2.45) is 0 Å². The molecule has 1 N–H and O–H groups in total. The molecule has 1 fully saturated rings. The van der Waals surface area contributed by atoms with Crippen LogP contribution in [0.25, 0.3) is 0 Å². The molecule has 0 aromatic heterocycles. The summed E-state index contributed by atoms with van der Waals surface area (Å²) in [5.74, 6) is -0.365. The maximum Gasteiger partial charge on any atom is 0.264 e. The lowest BCUT2D eigenvalue weighted by molar-refractivity contribution is -0.140. The predicted molar refractivity (Wildman–Crippen MR) is 165 cm³/mol. The number of hydrogen-bond acceptors (Lipinski definition) is 5. The van der Waals surface area contributed by atoms with Crippen LogP contribution in [0, 0.1) is 13.8 Å². The van der Waals surface area contributed by atoms with Gasteiger partial charge in [-0.25, -0.2) is 8.42 Å². The topological polar surface area (TPSA) is 96.0 Å². The van der Waals surface area contributed by atoms with Crippen LogP contribution in [-0.2, 0) is 26.2 Å². The summed E-state index contributed by atoms with van der Waals surface area (Å²) in [6, 6.07) is 20.3. The average molecular weight is 592 g/mol. The van der Waals surface area contributed by atoms with Gasteiger partial charge in [-0.1, -0.05) is 68.3 Å². The van der Waals surface area contributed by atoms with Gasteiger partial charge in [0.2, 0.25) is 11.8 Å². The zero-order chi connectivity index (χ0) is 30.3. The van der Waals surface area contributed by atoms with Crippen molar-refractivity contribution in [3.63, 3.8) is 0 Å². The molecule has 8 nitrogen and oxygen atoms in total. The maximum atomic E-state index is 14.3. The monoisotopic (exact) mass is 591 g/mol. The molecule has 4 rings (SSSR count). The van der Waals surface area contributed by atoms with Crippen LogP contribution in [0.4, 0.5) is 5.69 Å². The fourth-order valence-corrected chi connectivity index (χ4v) is 6.92. The van der Waals surface area contributed by atoms with E-state index >= 15 is 0 Å². The minimum atomic E-state index is -4.18. The van der Waals surface area contributed by atoms with Crippen molar-refractivity contribution in [1.29, 1.82) is 0 Å². The quantitative estimate of drug-likeness (QED) is 0.305. The second-order valence-corrected chi connectivity index (χ2v) is 12.7. The zero-order valence-electron chi connectivity index (χ0n) is 24.9. The fourth-order valence-electron chi connectivity index (χ4n) is 5.49. The molecule has 9 heteroatoms. The first-order valence-electron chi connectivity index (χ1n) is 14.5. The third-order valence-corrected chi connectivity index (χ3v) is 9.68.